The van der Waals surface area contributed by atoms with Crippen LogP contribution in [0.15, 0.2) is 115 Å². The summed E-state index contributed by atoms with van der Waals surface area (Å²) in [5, 5.41) is 11.7. The Morgan fingerprint density at radius 1 is 0.647 bits per heavy atom. The largest absolute Gasteiger partial charge is 0.488 e. The molecule has 0 unspecified atom stereocenters. The van der Waals surface area contributed by atoms with Crippen LogP contribution in [0.25, 0.3) is 6.08 Å². The summed E-state index contributed by atoms with van der Waals surface area (Å²) in [6.07, 6.45) is 3.55. The van der Waals surface area contributed by atoms with Crippen molar-refractivity contribution in [3.63, 3.8) is 0 Å². The maximum atomic E-state index is 11.7. The smallest absolute Gasteiger partial charge is 0.126 e. The van der Waals surface area contributed by atoms with Crippen molar-refractivity contribution in [3.8, 4) is 5.75 Å². The average molecular weight is 448 g/mol. The molecule has 0 saturated carbocycles. The third kappa shape index (κ3) is 5.12. The van der Waals surface area contributed by atoms with Gasteiger partial charge in [0.05, 0.1) is 6.04 Å². The van der Waals surface area contributed by atoms with Gasteiger partial charge in [-0.1, -0.05) is 115 Å². The van der Waals surface area contributed by atoms with Crippen LogP contribution in [0, 0.1) is 0 Å². The standard InChI is InChI=1S/C31H29NO2/c33-31-28(32(21-24-11-4-1-5-12-24)22-25-13-6-2-7-14-25)20-19-27-17-10-18-29(30(27)31)34-23-26-15-8-3-9-16-26/h1-20,28,31,33H,21-23H2/t28-,31+/m0/s1. The molecular formula is C31H29NO2. The molecule has 0 bridgehead atoms. The predicted molar refractivity (Wildman–Crippen MR) is 137 cm³/mol. The van der Waals surface area contributed by atoms with E-state index in [1.54, 1.807) is 0 Å². The minimum absolute atomic E-state index is 0.172. The van der Waals surface area contributed by atoms with Gasteiger partial charge in [0, 0.05) is 18.7 Å². The molecule has 4 aromatic rings. The van der Waals surface area contributed by atoms with Crippen molar-refractivity contribution in [2.24, 2.45) is 0 Å². The van der Waals surface area contributed by atoms with Crippen molar-refractivity contribution in [2.75, 3.05) is 0 Å². The summed E-state index contributed by atoms with van der Waals surface area (Å²) in [5.74, 6) is 0.738. The maximum Gasteiger partial charge on any atom is 0.126 e. The Morgan fingerprint density at radius 3 is 1.79 bits per heavy atom. The number of ether oxygens (including phenoxy) is 1. The van der Waals surface area contributed by atoms with Gasteiger partial charge in [-0.05, 0) is 28.3 Å². The molecule has 0 fully saturated rings. The molecule has 3 heteroatoms. The number of hydrogen-bond acceptors (Lipinski definition) is 3. The van der Waals surface area contributed by atoms with Crippen molar-refractivity contribution in [2.45, 2.75) is 31.8 Å². The second-order valence-corrected chi connectivity index (χ2v) is 8.70. The first kappa shape index (κ1) is 22.1. The highest BCUT2D eigenvalue weighted by molar-refractivity contribution is 5.62. The summed E-state index contributed by atoms with van der Waals surface area (Å²) in [5.41, 5.74) is 5.41. The lowest BCUT2D eigenvalue weighted by molar-refractivity contribution is 0.0602. The highest BCUT2D eigenvalue weighted by Crippen LogP contribution is 2.38. The molecule has 0 aromatic heterocycles. The van der Waals surface area contributed by atoms with E-state index in [0.717, 1.165) is 35.5 Å². The van der Waals surface area contributed by atoms with Crippen LogP contribution >= 0.6 is 0 Å². The molecule has 2 atom stereocenters. The summed E-state index contributed by atoms with van der Waals surface area (Å²) in [6, 6.07) is 36.8. The minimum atomic E-state index is -0.695. The monoisotopic (exact) mass is 447 g/mol. The highest BCUT2D eigenvalue weighted by Gasteiger charge is 2.32. The molecule has 0 amide bonds. The van der Waals surface area contributed by atoms with Gasteiger partial charge in [0.25, 0.3) is 0 Å². The molecule has 3 nitrogen and oxygen atoms in total. The van der Waals surface area contributed by atoms with Crippen molar-refractivity contribution >= 4 is 6.08 Å². The molecule has 1 aliphatic carbocycles. The van der Waals surface area contributed by atoms with Gasteiger partial charge in [0.15, 0.2) is 0 Å². The Bertz CT molecular complexity index is 1180. The Labute approximate surface area is 201 Å². The third-order valence-electron chi connectivity index (χ3n) is 6.31. The Kier molecular flexibility index (Phi) is 6.85. The minimum Gasteiger partial charge on any atom is -0.488 e. The number of aliphatic hydroxyl groups excluding tert-OH is 1. The number of hydrogen-bond donors (Lipinski definition) is 1. The molecule has 1 aliphatic rings. The molecule has 5 rings (SSSR count). The molecule has 0 radical (unpaired) electrons. The van der Waals surface area contributed by atoms with Gasteiger partial charge >= 0.3 is 0 Å². The molecule has 34 heavy (non-hydrogen) atoms. The number of fused-ring (bicyclic) bond motifs is 1. The van der Waals surface area contributed by atoms with E-state index in [0.29, 0.717) is 6.61 Å². The zero-order valence-corrected chi connectivity index (χ0v) is 19.1. The van der Waals surface area contributed by atoms with Gasteiger partial charge < -0.3 is 9.84 Å². The van der Waals surface area contributed by atoms with Crippen molar-refractivity contribution in [3.05, 3.63) is 143 Å². The lowest BCUT2D eigenvalue weighted by Gasteiger charge is -2.36. The van der Waals surface area contributed by atoms with Crippen LogP contribution in [0.4, 0.5) is 0 Å². The fourth-order valence-electron chi connectivity index (χ4n) is 4.59. The summed E-state index contributed by atoms with van der Waals surface area (Å²) in [6.45, 7) is 1.95. The molecule has 1 N–H and O–H groups in total. The van der Waals surface area contributed by atoms with E-state index in [4.69, 9.17) is 4.74 Å². The fourth-order valence-corrected chi connectivity index (χ4v) is 4.59. The normalized spacial score (nSPS) is 16.9. The molecule has 0 aliphatic heterocycles. The van der Waals surface area contributed by atoms with Crippen LogP contribution < -0.4 is 4.74 Å². The lowest BCUT2D eigenvalue weighted by Crippen LogP contribution is -2.39. The van der Waals surface area contributed by atoms with Crippen LogP contribution in [0.5, 0.6) is 5.75 Å². The quantitative estimate of drug-likeness (QED) is 0.339. The summed E-state index contributed by atoms with van der Waals surface area (Å²) >= 11 is 0. The van der Waals surface area contributed by atoms with E-state index < -0.39 is 6.10 Å². The average Bonchev–Trinajstić information content (AvgIpc) is 2.89. The lowest BCUT2D eigenvalue weighted by atomic mass is 9.89. The van der Waals surface area contributed by atoms with Crippen LogP contribution in [0.1, 0.15) is 33.9 Å². The highest BCUT2D eigenvalue weighted by atomic mass is 16.5. The van der Waals surface area contributed by atoms with E-state index in [2.05, 4.69) is 77.7 Å². The maximum absolute atomic E-state index is 11.7. The van der Waals surface area contributed by atoms with E-state index >= 15 is 0 Å². The van der Waals surface area contributed by atoms with Gasteiger partial charge in [-0.15, -0.1) is 0 Å². The zero-order valence-electron chi connectivity index (χ0n) is 19.1. The zero-order chi connectivity index (χ0) is 23.2. The first-order valence-electron chi connectivity index (χ1n) is 11.8. The molecule has 0 heterocycles. The van der Waals surface area contributed by atoms with Crippen LogP contribution in [0.3, 0.4) is 0 Å². The summed E-state index contributed by atoms with van der Waals surface area (Å²) in [4.78, 5) is 2.34. The third-order valence-corrected chi connectivity index (χ3v) is 6.31. The summed E-state index contributed by atoms with van der Waals surface area (Å²) < 4.78 is 6.21. The van der Waals surface area contributed by atoms with E-state index in [1.165, 1.54) is 11.1 Å². The molecule has 4 aromatic carbocycles. The van der Waals surface area contributed by atoms with Crippen LogP contribution in [-0.2, 0) is 19.7 Å². The Hall–Kier alpha value is -3.66. The number of rotatable bonds is 8. The van der Waals surface area contributed by atoms with E-state index in [1.807, 2.05) is 48.5 Å². The SMILES string of the molecule is O[C@H]1c2c(cccc2OCc2ccccc2)C=C[C@@H]1N(Cc1ccccc1)Cc1ccccc1. The number of aliphatic hydroxyl groups is 1. The molecule has 170 valence electrons. The molecule has 0 saturated heterocycles. The van der Waals surface area contributed by atoms with Gasteiger partial charge in [-0.3, -0.25) is 4.90 Å². The Morgan fingerprint density at radius 2 is 1.21 bits per heavy atom. The predicted octanol–water partition coefficient (Wildman–Crippen LogP) is 6.40. The molecule has 0 spiro atoms. The van der Waals surface area contributed by atoms with E-state index in [9.17, 15) is 5.11 Å². The second-order valence-electron chi connectivity index (χ2n) is 8.70. The number of nitrogens with zero attached hydrogens (tertiary/aromatic N) is 1. The topological polar surface area (TPSA) is 32.7 Å². The Balaban J connectivity index is 1.43. The van der Waals surface area contributed by atoms with Crippen molar-refractivity contribution < 1.29 is 9.84 Å². The number of benzene rings is 4. The fraction of sp³-hybridized carbons (Fsp3) is 0.161. The van der Waals surface area contributed by atoms with Gasteiger partial charge in [-0.25, -0.2) is 0 Å². The van der Waals surface area contributed by atoms with Crippen molar-refractivity contribution in [1.82, 2.24) is 4.90 Å². The molecular weight excluding hydrogens is 418 g/mol. The van der Waals surface area contributed by atoms with E-state index in [-0.39, 0.29) is 6.04 Å². The summed E-state index contributed by atoms with van der Waals surface area (Å²) in [7, 11) is 0. The van der Waals surface area contributed by atoms with Gasteiger partial charge in [0.2, 0.25) is 0 Å². The van der Waals surface area contributed by atoms with Crippen LogP contribution in [0.2, 0.25) is 0 Å². The first-order valence-corrected chi connectivity index (χ1v) is 11.8. The van der Waals surface area contributed by atoms with Crippen LogP contribution in [-0.4, -0.2) is 16.0 Å². The van der Waals surface area contributed by atoms with Gasteiger partial charge in [0.1, 0.15) is 18.5 Å². The van der Waals surface area contributed by atoms with Gasteiger partial charge in [-0.2, -0.15) is 0 Å². The first-order chi connectivity index (χ1) is 16.8. The van der Waals surface area contributed by atoms with Crippen molar-refractivity contribution in [1.29, 1.82) is 0 Å². The second kappa shape index (κ2) is 10.5.